The number of hydrogen-bond acceptors (Lipinski definition) is 1. The van der Waals surface area contributed by atoms with Crippen LogP contribution >= 0.6 is 0 Å². The summed E-state index contributed by atoms with van der Waals surface area (Å²) < 4.78 is 0. The van der Waals surface area contributed by atoms with E-state index in [4.69, 9.17) is 0 Å². The van der Waals surface area contributed by atoms with Crippen molar-refractivity contribution in [3.63, 3.8) is 0 Å². The Morgan fingerprint density at radius 3 is 2.11 bits per heavy atom. The van der Waals surface area contributed by atoms with Gasteiger partial charge in [-0.25, -0.2) is 0 Å². The molecule has 1 N–H and O–H groups in total. The maximum absolute atomic E-state index is 10.5. The Balaban J connectivity index is 1.98. The first-order valence-corrected chi connectivity index (χ1v) is 7.51. The standard InChI is InChI=1S/C18H28O/c1-13(2)15-11-18(19,12-15)10-14-6-8-16(9-7-14)17(3,4)5/h6-9,13,15,19H,10-12H2,1-5H3. The molecule has 1 saturated carbocycles. The highest BCUT2D eigenvalue weighted by molar-refractivity contribution is 5.28. The van der Waals surface area contributed by atoms with Gasteiger partial charge in [0.2, 0.25) is 0 Å². The van der Waals surface area contributed by atoms with Crippen LogP contribution in [0.25, 0.3) is 0 Å². The van der Waals surface area contributed by atoms with Gasteiger partial charge in [-0.05, 0) is 41.2 Å². The Labute approximate surface area is 118 Å². The number of benzene rings is 1. The summed E-state index contributed by atoms with van der Waals surface area (Å²) in [6, 6.07) is 8.77. The van der Waals surface area contributed by atoms with Crippen molar-refractivity contribution in [3.8, 4) is 0 Å². The van der Waals surface area contributed by atoms with Crippen molar-refractivity contribution < 1.29 is 5.11 Å². The molecule has 0 aromatic heterocycles. The Kier molecular flexibility index (Phi) is 3.79. The average Bonchev–Trinajstić information content (AvgIpc) is 2.25. The molecule has 1 nitrogen and oxygen atoms in total. The van der Waals surface area contributed by atoms with E-state index in [1.54, 1.807) is 0 Å². The minimum atomic E-state index is -0.446. The van der Waals surface area contributed by atoms with Crippen LogP contribution in [0.5, 0.6) is 0 Å². The third-order valence-electron chi connectivity index (χ3n) is 4.58. The van der Waals surface area contributed by atoms with Crippen molar-refractivity contribution in [1.82, 2.24) is 0 Å². The largest absolute Gasteiger partial charge is 0.390 e. The van der Waals surface area contributed by atoms with Gasteiger partial charge in [0.05, 0.1) is 5.60 Å². The van der Waals surface area contributed by atoms with Crippen LogP contribution in [0.2, 0.25) is 0 Å². The lowest BCUT2D eigenvalue weighted by Gasteiger charge is -2.46. The van der Waals surface area contributed by atoms with Crippen molar-refractivity contribution in [3.05, 3.63) is 35.4 Å². The summed E-state index contributed by atoms with van der Waals surface area (Å²) in [4.78, 5) is 0. The summed E-state index contributed by atoms with van der Waals surface area (Å²) >= 11 is 0. The fourth-order valence-electron chi connectivity index (χ4n) is 3.03. The first kappa shape index (κ1) is 14.6. The van der Waals surface area contributed by atoms with Crippen LogP contribution in [0, 0.1) is 11.8 Å². The minimum absolute atomic E-state index is 0.203. The van der Waals surface area contributed by atoms with Gasteiger partial charge < -0.3 is 5.11 Å². The Bertz CT molecular complexity index is 416. The molecule has 1 fully saturated rings. The van der Waals surface area contributed by atoms with E-state index in [9.17, 15) is 5.11 Å². The van der Waals surface area contributed by atoms with E-state index >= 15 is 0 Å². The Hall–Kier alpha value is -0.820. The molecule has 0 spiro atoms. The predicted molar refractivity (Wildman–Crippen MR) is 81.4 cm³/mol. The number of hydrogen-bond donors (Lipinski definition) is 1. The molecule has 0 saturated heterocycles. The molecular weight excluding hydrogens is 232 g/mol. The van der Waals surface area contributed by atoms with Gasteiger partial charge in [-0.1, -0.05) is 58.9 Å². The molecule has 2 rings (SSSR count). The summed E-state index contributed by atoms with van der Waals surface area (Å²) in [7, 11) is 0. The van der Waals surface area contributed by atoms with Crippen LogP contribution in [0.4, 0.5) is 0 Å². The van der Waals surface area contributed by atoms with Gasteiger partial charge in [-0.2, -0.15) is 0 Å². The maximum Gasteiger partial charge on any atom is 0.0693 e. The fourth-order valence-corrected chi connectivity index (χ4v) is 3.03. The van der Waals surface area contributed by atoms with E-state index in [-0.39, 0.29) is 5.41 Å². The molecule has 0 bridgehead atoms. The normalized spacial score (nSPS) is 27.4. The van der Waals surface area contributed by atoms with E-state index in [0.29, 0.717) is 11.8 Å². The molecule has 106 valence electrons. The smallest absolute Gasteiger partial charge is 0.0693 e. The van der Waals surface area contributed by atoms with Crippen LogP contribution < -0.4 is 0 Å². The van der Waals surface area contributed by atoms with Crippen LogP contribution in [-0.4, -0.2) is 10.7 Å². The van der Waals surface area contributed by atoms with Gasteiger partial charge in [0.1, 0.15) is 0 Å². The zero-order valence-electron chi connectivity index (χ0n) is 13.0. The van der Waals surface area contributed by atoms with Crippen LogP contribution in [-0.2, 0) is 11.8 Å². The highest BCUT2D eigenvalue weighted by atomic mass is 16.3. The molecule has 1 aliphatic carbocycles. The van der Waals surface area contributed by atoms with Gasteiger partial charge in [0.15, 0.2) is 0 Å². The summed E-state index contributed by atoms with van der Waals surface area (Å²) in [5, 5.41) is 10.5. The lowest BCUT2D eigenvalue weighted by atomic mass is 9.64. The summed E-state index contributed by atoms with van der Waals surface area (Å²) in [5.41, 5.74) is 2.38. The number of rotatable bonds is 3. The van der Waals surface area contributed by atoms with E-state index in [1.165, 1.54) is 11.1 Å². The molecule has 19 heavy (non-hydrogen) atoms. The quantitative estimate of drug-likeness (QED) is 0.858. The highest BCUT2D eigenvalue weighted by Crippen LogP contribution is 2.44. The molecule has 0 unspecified atom stereocenters. The van der Waals surface area contributed by atoms with Crippen LogP contribution in [0.3, 0.4) is 0 Å². The Morgan fingerprint density at radius 1 is 1.16 bits per heavy atom. The van der Waals surface area contributed by atoms with Gasteiger partial charge in [-0.15, -0.1) is 0 Å². The average molecular weight is 260 g/mol. The van der Waals surface area contributed by atoms with E-state index in [2.05, 4.69) is 58.9 Å². The van der Waals surface area contributed by atoms with Crippen molar-refractivity contribution in [2.24, 2.45) is 11.8 Å². The second kappa shape index (κ2) is 4.94. The van der Waals surface area contributed by atoms with E-state index < -0.39 is 5.60 Å². The SMILES string of the molecule is CC(C)C1CC(O)(Cc2ccc(C(C)(C)C)cc2)C1. The molecule has 1 heteroatoms. The molecule has 1 aliphatic rings. The third kappa shape index (κ3) is 3.39. The van der Waals surface area contributed by atoms with Crippen molar-refractivity contribution in [2.45, 2.75) is 64.9 Å². The summed E-state index contributed by atoms with van der Waals surface area (Å²) in [6.07, 6.45) is 2.73. The Morgan fingerprint density at radius 2 is 1.68 bits per heavy atom. The zero-order chi connectivity index (χ0) is 14.3. The highest BCUT2D eigenvalue weighted by Gasteiger charge is 2.43. The summed E-state index contributed by atoms with van der Waals surface area (Å²) in [5.74, 6) is 1.40. The maximum atomic E-state index is 10.5. The second-order valence-corrected chi connectivity index (χ2v) is 7.76. The molecule has 1 aromatic rings. The van der Waals surface area contributed by atoms with E-state index in [1.807, 2.05) is 0 Å². The molecule has 0 amide bonds. The van der Waals surface area contributed by atoms with Gasteiger partial charge in [0.25, 0.3) is 0 Å². The molecule has 0 radical (unpaired) electrons. The minimum Gasteiger partial charge on any atom is -0.390 e. The first-order chi connectivity index (χ1) is 8.70. The van der Waals surface area contributed by atoms with Crippen LogP contribution in [0.15, 0.2) is 24.3 Å². The van der Waals surface area contributed by atoms with Gasteiger partial charge in [0, 0.05) is 6.42 Å². The van der Waals surface area contributed by atoms with Crippen molar-refractivity contribution in [1.29, 1.82) is 0 Å². The summed E-state index contributed by atoms with van der Waals surface area (Å²) in [6.45, 7) is 11.2. The molecule has 1 aromatic carbocycles. The molecule has 0 heterocycles. The third-order valence-corrected chi connectivity index (χ3v) is 4.58. The first-order valence-electron chi connectivity index (χ1n) is 7.51. The molecular formula is C18H28O. The lowest BCUT2D eigenvalue weighted by molar-refractivity contribution is -0.0860. The topological polar surface area (TPSA) is 20.2 Å². The lowest BCUT2D eigenvalue weighted by Crippen LogP contribution is -2.47. The van der Waals surface area contributed by atoms with E-state index in [0.717, 1.165) is 19.3 Å². The van der Waals surface area contributed by atoms with Crippen LogP contribution in [0.1, 0.15) is 58.6 Å². The zero-order valence-corrected chi connectivity index (χ0v) is 13.0. The van der Waals surface area contributed by atoms with Gasteiger partial charge in [-0.3, -0.25) is 0 Å². The molecule has 0 atom stereocenters. The second-order valence-electron chi connectivity index (χ2n) is 7.76. The molecule has 0 aliphatic heterocycles. The predicted octanol–water partition coefficient (Wildman–Crippen LogP) is 4.32. The number of aliphatic hydroxyl groups is 1. The van der Waals surface area contributed by atoms with Crippen molar-refractivity contribution >= 4 is 0 Å². The van der Waals surface area contributed by atoms with Gasteiger partial charge >= 0.3 is 0 Å². The fraction of sp³-hybridized carbons (Fsp3) is 0.667. The monoisotopic (exact) mass is 260 g/mol. The van der Waals surface area contributed by atoms with Crippen molar-refractivity contribution in [2.75, 3.05) is 0 Å².